The molecule has 1 aromatic carbocycles. The molecule has 4 unspecified atom stereocenters. The lowest BCUT2D eigenvalue weighted by atomic mass is 9.76. The van der Waals surface area contributed by atoms with Crippen LogP contribution < -0.4 is 10.6 Å². The van der Waals surface area contributed by atoms with Gasteiger partial charge in [-0.1, -0.05) is 108 Å². The molecule has 72 heavy (non-hydrogen) atoms. The van der Waals surface area contributed by atoms with Gasteiger partial charge in [-0.15, -0.1) is 0 Å². The van der Waals surface area contributed by atoms with E-state index in [1.165, 1.54) is 54.9 Å². The number of benzene rings is 1. The summed E-state index contributed by atoms with van der Waals surface area (Å²) in [5.74, 6) is 2.94. The van der Waals surface area contributed by atoms with E-state index < -0.39 is 24.3 Å². The van der Waals surface area contributed by atoms with Gasteiger partial charge in [-0.2, -0.15) is 0 Å². The number of hydrogen-bond donors (Lipinski definition) is 4. The highest BCUT2D eigenvalue weighted by Gasteiger charge is 2.50. The van der Waals surface area contributed by atoms with Gasteiger partial charge in [0.05, 0.1) is 50.1 Å². The summed E-state index contributed by atoms with van der Waals surface area (Å²) >= 11 is 0. The smallest absolute Gasteiger partial charge is 0.407 e. The van der Waals surface area contributed by atoms with E-state index in [9.17, 15) is 19.2 Å². The Morgan fingerprint density at radius 1 is 0.681 bits per heavy atom. The molecule has 4 amide bonds. The summed E-state index contributed by atoms with van der Waals surface area (Å²) in [5.41, 5.74) is 9.80. The first kappa shape index (κ1) is 49.6. The van der Waals surface area contributed by atoms with E-state index >= 15 is 0 Å². The third kappa shape index (κ3) is 9.95. The van der Waals surface area contributed by atoms with Crippen LogP contribution in [0.1, 0.15) is 165 Å². The maximum absolute atomic E-state index is 14.5. The molecule has 10 aliphatic rings. The van der Waals surface area contributed by atoms with Crippen molar-refractivity contribution in [2.75, 3.05) is 14.2 Å². The van der Waals surface area contributed by atoms with Gasteiger partial charge in [-0.05, 0) is 140 Å². The first-order valence-corrected chi connectivity index (χ1v) is 27.2. The Morgan fingerprint density at radius 2 is 1.22 bits per heavy atom. The van der Waals surface area contributed by atoms with E-state index in [1.54, 1.807) is 0 Å². The lowest BCUT2D eigenvalue weighted by Crippen LogP contribution is -2.53. The fourth-order valence-corrected chi connectivity index (χ4v) is 13.7. The van der Waals surface area contributed by atoms with Crippen molar-refractivity contribution < 1.29 is 28.7 Å². The van der Waals surface area contributed by atoms with Gasteiger partial charge < -0.3 is 39.9 Å². The van der Waals surface area contributed by atoms with Crippen LogP contribution in [0.15, 0.2) is 72.1 Å². The number of hydrogen-bond acceptors (Lipinski definition) is 8. The van der Waals surface area contributed by atoms with Crippen LogP contribution in [0.25, 0.3) is 22.4 Å². The molecule has 384 valence electrons. The predicted octanol–water partition coefficient (Wildman–Crippen LogP) is 11.2. The second-order valence-electron chi connectivity index (χ2n) is 22.6. The van der Waals surface area contributed by atoms with Crippen molar-refractivity contribution in [2.24, 2.45) is 35.5 Å². The number of aromatic amines is 2. The molecule has 2 saturated heterocycles. The monoisotopic (exact) mass is 981 g/mol. The molecule has 8 aliphatic carbocycles. The number of imidazole rings is 2. The third-order valence-corrected chi connectivity index (χ3v) is 17.6. The van der Waals surface area contributed by atoms with Crippen LogP contribution in [0.3, 0.4) is 0 Å². The average Bonchev–Trinajstić information content (AvgIpc) is 4.22. The molecule has 4 N–H and O–H groups in total. The Kier molecular flexibility index (Phi) is 14.7. The number of aromatic nitrogens is 4. The van der Waals surface area contributed by atoms with Crippen LogP contribution in [0, 0.1) is 35.5 Å². The Hall–Kier alpha value is -5.92. The van der Waals surface area contributed by atoms with Crippen LogP contribution >= 0.6 is 0 Å². The van der Waals surface area contributed by atoms with E-state index in [0.717, 1.165) is 118 Å². The standard InChI is InChI=1S/C58H76N8O6/c1-33(2)51(63-57(69)71-5)55(67)65-47-13-9-7-11-41(47)29-49(65)53-59-31-45(61-53)40-25-23-38(24-26-40)43-27-35-15-19-37(43)20-16-36-18-22-39(21-17-35)44(28-36)46-32-60-54(62-46)50-30-42-12-8-10-14-48(42)66(50)56(68)52(34(3)4)64-58(70)72-6/h15,18-19,23-26,28,31-35,39,41-42,47-52H,7-14,16-17,20-22,27,29-30H2,1-6H3,(H,59,61)(H,60,62)(H,63,69)(H,64,70)/t35-,39-,41?,42?,47?,48?,49-,50-,51-,52-/m0/s1. The summed E-state index contributed by atoms with van der Waals surface area (Å²) in [4.78, 5) is 75.1. The fraction of sp³-hybridized carbons (Fsp3) is 0.586. The average molecular weight is 981 g/mol. The highest BCUT2D eigenvalue weighted by Crippen LogP contribution is 2.49. The maximum Gasteiger partial charge on any atom is 0.407 e. The van der Waals surface area contributed by atoms with Gasteiger partial charge in [0.15, 0.2) is 0 Å². The van der Waals surface area contributed by atoms with Gasteiger partial charge in [0, 0.05) is 12.1 Å². The van der Waals surface area contributed by atoms with Gasteiger partial charge in [0.1, 0.15) is 23.7 Å². The molecule has 0 spiro atoms. The molecule has 4 bridgehead atoms. The normalized spacial score (nSPS) is 27.9. The van der Waals surface area contributed by atoms with Gasteiger partial charge in [0.2, 0.25) is 11.8 Å². The van der Waals surface area contributed by atoms with E-state index in [1.807, 2.05) is 45.0 Å². The van der Waals surface area contributed by atoms with Crippen LogP contribution in [0.5, 0.6) is 0 Å². The summed E-state index contributed by atoms with van der Waals surface area (Å²) in [6.07, 6.45) is 28.9. The Morgan fingerprint density at radius 3 is 1.79 bits per heavy atom. The molecule has 14 heteroatoms. The number of H-pyrrole nitrogens is 2. The minimum Gasteiger partial charge on any atom is -0.453 e. The number of amides is 4. The Bertz CT molecular complexity index is 2620. The first-order chi connectivity index (χ1) is 34.9. The zero-order valence-electron chi connectivity index (χ0n) is 43.3. The molecule has 13 rings (SSSR count). The molecule has 0 radical (unpaired) electrons. The zero-order chi connectivity index (χ0) is 50.2. The number of nitrogens with zero attached hydrogens (tertiary/aromatic N) is 4. The van der Waals surface area contributed by atoms with Crippen molar-refractivity contribution in [3.8, 4) is 11.3 Å². The fourth-order valence-electron chi connectivity index (χ4n) is 13.7. The van der Waals surface area contributed by atoms with Crippen LogP contribution in [0.2, 0.25) is 0 Å². The second-order valence-corrected chi connectivity index (χ2v) is 22.6. The molecular weight excluding hydrogens is 905 g/mol. The number of allylic oxidation sites excluding steroid dienone is 8. The number of likely N-dealkylation sites (tertiary alicyclic amines) is 2. The molecular formula is C58H76N8O6. The van der Waals surface area contributed by atoms with Crippen LogP contribution in [0.4, 0.5) is 9.59 Å². The minimum absolute atomic E-state index is 0.0470. The molecule has 3 aromatic rings. The zero-order valence-corrected chi connectivity index (χ0v) is 43.3. The number of fused-ring (bicyclic) bond motifs is 2. The number of carbonyl (C=O) groups excluding carboxylic acids is 4. The number of ether oxygens (including phenoxy) is 2. The molecule has 2 aromatic heterocycles. The summed E-state index contributed by atoms with van der Waals surface area (Å²) in [5, 5.41) is 5.68. The Balaban J connectivity index is 0.854. The number of carbonyl (C=O) groups is 4. The third-order valence-electron chi connectivity index (χ3n) is 17.6. The van der Waals surface area contributed by atoms with E-state index in [4.69, 9.17) is 19.4 Å². The minimum atomic E-state index is -0.682. The summed E-state index contributed by atoms with van der Waals surface area (Å²) in [7, 11) is 2.67. The van der Waals surface area contributed by atoms with E-state index in [-0.39, 0.29) is 47.8 Å². The SMILES string of the molecule is COC(=O)N[C@H](C(=O)N1C2CCCCC2C[C@H]1c1ncc(C2=CC3=CC[C@@H]2CC[C@@H]2C=CC(=C(c4ccc(-c5cnc([C@@H]6CC7CCCCC7N6C(=O)[C@@H](NC(=O)OC)C(C)C)[nH]5)cc4)C2)CC3)[nH]1)C(C)C. The summed E-state index contributed by atoms with van der Waals surface area (Å²) in [6, 6.07) is 7.49. The van der Waals surface area contributed by atoms with Crippen molar-refractivity contribution in [1.29, 1.82) is 0 Å². The number of nitrogens with one attached hydrogen (secondary N) is 4. The van der Waals surface area contributed by atoms with E-state index in [2.05, 4.69) is 74.1 Å². The molecule has 2 saturated carbocycles. The maximum atomic E-state index is 14.5. The second kappa shape index (κ2) is 21.3. The molecule has 4 heterocycles. The van der Waals surface area contributed by atoms with Crippen molar-refractivity contribution in [3.05, 3.63) is 95.0 Å². The topological polar surface area (TPSA) is 175 Å². The largest absolute Gasteiger partial charge is 0.453 e. The molecule has 10 atom stereocenters. The molecule has 2 aliphatic heterocycles. The summed E-state index contributed by atoms with van der Waals surface area (Å²) in [6.45, 7) is 7.87. The van der Waals surface area contributed by atoms with Crippen LogP contribution in [-0.4, -0.2) is 92.1 Å². The van der Waals surface area contributed by atoms with Gasteiger partial charge in [-0.3, -0.25) is 9.59 Å². The van der Waals surface area contributed by atoms with Crippen LogP contribution in [-0.2, 0) is 19.1 Å². The highest BCUT2D eigenvalue weighted by molar-refractivity contribution is 5.88. The van der Waals surface area contributed by atoms with Crippen molar-refractivity contribution in [2.45, 2.75) is 167 Å². The van der Waals surface area contributed by atoms with E-state index in [0.29, 0.717) is 23.7 Å². The molecule has 14 nitrogen and oxygen atoms in total. The van der Waals surface area contributed by atoms with Gasteiger partial charge in [0.25, 0.3) is 0 Å². The van der Waals surface area contributed by atoms with Crippen molar-refractivity contribution in [1.82, 2.24) is 40.4 Å². The predicted molar refractivity (Wildman–Crippen MR) is 278 cm³/mol. The molecule has 4 fully saturated rings. The van der Waals surface area contributed by atoms with Gasteiger partial charge >= 0.3 is 12.2 Å². The quantitative estimate of drug-likeness (QED) is 0.147. The lowest BCUT2D eigenvalue weighted by molar-refractivity contribution is -0.139. The number of methoxy groups -OCH3 is 2. The van der Waals surface area contributed by atoms with Crippen molar-refractivity contribution in [3.63, 3.8) is 0 Å². The Labute approximate surface area is 425 Å². The first-order valence-electron chi connectivity index (χ1n) is 27.2. The van der Waals surface area contributed by atoms with Gasteiger partial charge in [-0.25, -0.2) is 19.6 Å². The van der Waals surface area contributed by atoms with Crippen molar-refractivity contribution >= 4 is 35.1 Å². The number of rotatable bonds is 11. The summed E-state index contributed by atoms with van der Waals surface area (Å²) < 4.78 is 9.85. The highest BCUT2D eigenvalue weighted by atomic mass is 16.5. The number of alkyl carbamates (subject to hydrolysis) is 2. The lowest BCUT2D eigenvalue weighted by Gasteiger charge is -2.36.